The van der Waals surface area contributed by atoms with Crippen molar-refractivity contribution in [3.8, 4) is 11.5 Å². The van der Waals surface area contributed by atoms with Gasteiger partial charge in [-0.15, -0.1) is 0 Å². The van der Waals surface area contributed by atoms with E-state index in [1.54, 1.807) is 26.0 Å². The number of halogens is 1. The zero-order valence-electron chi connectivity index (χ0n) is 16.0. The maximum absolute atomic E-state index is 6.18. The summed E-state index contributed by atoms with van der Waals surface area (Å²) in [6.45, 7) is 2.62. The molecule has 0 bridgehead atoms. The van der Waals surface area contributed by atoms with E-state index in [4.69, 9.17) is 20.2 Å². The average molecular weight is 462 g/mol. The first-order chi connectivity index (χ1) is 13.5. The number of fused-ring (bicyclic) bond motifs is 1. The van der Waals surface area contributed by atoms with Crippen molar-refractivity contribution < 1.29 is 9.47 Å². The van der Waals surface area contributed by atoms with Crippen LogP contribution in [-0.2, 0) is 12.1 Å². The molecule has 0 radical (unpaired) electrons. The van der Waals surface area contributed by atoms with Crippen molar-refractivity contribution >= 4 is 32.9 Å². The molecule has 0 aromatic heterocycles. The fraction of sp³-hybridized carbons (Fsp3) is 0.381. The highest BCUT2D eigenvalue weighted by Crippen LogP contribution is 2.46. The van der Waals surface area contributed by atoms with Gasteiger partial charge in [-0.1, -0.05) is 45.9 Å². The van der Waals surface area contributed by atoms with Crippen LogP contribution in [0.15, 0.2) is 51.9 Å². The standard InChI is InChI=1S/C21H24BrN3O2S/c1-26-18-7-6-14(19(9-18)27-2)10-25-11-16-12-28-20(23)24-21(16,13-25)15-4-3-5-17(22)8-15/h3-9,16H,10-13H2,1-2H3,(H2,23,24)/t16-,21+/m0/s1. The lowest BCUT2D eigenvalue weighted by atomic mass is 9.82. The summed E-state index contributed by atoms with van der Waals surface area (Å²) in [4.78, 5) is 7.45. The predicted octanol–water partition coefficient (Wildman–Crippen LogP) is 3.86. The molecular formula is C21H24BrN3O2S. The molecule has 2 aromatic carbocycles. The van der Waals surface area contributed by atoms with E-state index in [0.29, 0.717) is 11.1 Å². The quantitative estimate of drug-likeness (QED) is 0.732. The second-order valence-corrected chi connectivity index (χ2v) is 9.20. The lowest BCUT2D eigenvalue weighted by molar-refractivity contribution is 0.298. The van der Waals surface area contributed by atoms with Gasteiger partial charge in [-0.05, 0) is 23.8 Å². The van der Waals surface area contributed by atoms with E-state index in [1.807, 2.05) is 12.1 Å². The third-order valence-electron chi connectivity index (χ3n) is 5.57. The monoisotopic (exact) mass is 461 g/mol. The Balaban J connectivity index is 1.65. The van der Waals surface area contributed by atoms with Crippen LogP contribution in [0, 0.1) is 5.92 Å². The molecule has 28 heavy (non-hydrogen) atoms. The highest BCUT2D eigenvalue weighted by Gasteiger charge is 2.50. The minimum Gasteiger partial charge on any atom is -0.497 e. The predicted molar refractivity (Wildman–Crippen MR) is 118 cm³/mol. The maximum atomic E-state index is 6.18. The Labute approximate surface area is 178 Å². The summed E-state index contributed by atoms with van der Waals surface area (Å²) in [7, 11) is 3.37. The largest absolute Gasteiger partial charge is 0.497 e. The fourth-order valence-corrected chi connectivity index (χ4v) is 5.60. The van der Waals surface area contributed by atoms with Gasteiger partial charge in [-0.2, -0.15) is 0 Å². The molecule has 5 nitrogen and oxygen atoms in total. The molecule has 0 amide bonds. The third-order valence-corrected chi connectivity index (χ3v) is 7.02. The second kappa shape index (κ2) is 7.97. The fourth-order valence-electron chi connectivity index (χ4n) is 4.22. The smallest absolute Gasteiger partial charge is 0.154 e. The second-order valence-electron chi connectivity index (χ2n) is 7.24. The van der Waals surface area contributed by atoms with Gasteiger partial charge in [-0.3, -0.25) is 4.90 Å². The van der Waals surface area contributed by atoms with Crippen molar-refractivity contribution in [3.05, 3.63) is 58.1 Å². The molecule has 4 rings (SSSR count). The lowest BCUT2D eigenvalue weighted by Crippen LogP contribution is -2.39. The van der Waals surface area contributed by atoms with E-state index >= 15 is 0 Å². The molecule has 0 spiro atoms. The van der Waals surface area contributed by atoms with Gasteiger partial charge in [0.2, 0.25) is 0 Å². The number of benzene rings is 2. The van der Waals surface area contributed by atoms with Gasteiger partial charge >= 0.3 is 0 Å². The summed E-state index contributed by atoms with van der Waals surface area (Å²) in [6.07, 6.45) is 0. The molecule has 2 aliphatic heterocycles. The van der Waals surface area contributed by atoms with Gasteiger partial charge in [-0.25, -0.2) is 4.99 Å². The van der Waals surface area contributed by atoms with Crippen molar-refractivity contribution in [2.75, 3.05) is 33.1 Å². The Hall–Kier alpha value is -1.70. The average Bonchev–Trinajstić information content (AvgIpc) is 3.06. The molecule has 2 N–H and O–H groups in total. The van der Waals surface area contributed by atoms with Crippen LogP contribution in [0.2, 0.25) is 0 Å². The molecule has 148 valence electrons. The number of amidine groups is 1. The van der Waals surface area contributed by atoms with Gasteiger partial charge < -0.3 is 15.2 Å². The van der Waals surface area contributed by atoms with Crippen LogP contribution in [-0.4, -0.2) is 43.1 Å². The summed E-state index contributed by atoms with van der Waals surface area (Å²) in [6, 6.07) is 14.5. The van der Waals surface area contributed by atoms with Crippen LogP contribution < -0.4 is 15.2 Å². The van der Waals surface area contributed by atoms with Crippen LogP contribution >= 0.6 is 27.7 Å². The molecule has 2 atom stereocenters. The molecule has 1 fully saturated rings. The number of hydrogen-bond acceptors (Lipinski definition) is 6. The summed E-state index contributed by atoms with van der Waals surface area (Å²) < 4.78 is 12.0. The number of hydrogen-bond donors (Lipinski definition) is 1. The van der Waals surface area contributed by atoms with Crippen LogP contribution in [0.5, 0.6) is 11.5 Å². The normalized spacial score (nSPS) is 24.5. The summed E-state index contributed by atoms with van der Waals surface area (Å²) in [5, 5.41) is 0.681. The van der Waals surface area contributed by atoms with E-state index in [-0.39, 0.29) is 5.54 Å². The van der Waals surface area contributed by atoms with Crippen molar-refractivity contribution in [2.24, 2.45) is 16.6 Å². The molecule has 0 aliphatic carbocycles. The number of aliphatic imine (C=N–C) groups is 1. The van der Waals surface area contributed by atoms with Gasteiger partial charge in [0.25, 0.3) is 0 Å². The molecule has 7 heteroatoms. The van der Waals surface area contributed by atoms with Gasteiger partial charge in [0.1, 0.15) is 17.0 Å². The van der Waals surface area contributed by atoms with E-state index in [2.05, 4.69) is 51.2 Å². The van der Waals surface area contributed by atoms with Crippen LogP contribution in [0.3, 0.4) is 0 Å². The molecule has 0 unspecified atom stereocenters. The number of methoxy groups -OCH3 is 2. The minimum atomic E-state index is -0.293. The number of likely N-dealkylation sites (tertiary alicyclic amines) is 1. The van der Waals surface area contributed by atoms with E-state index < -0.39 is 0 Å². The number of nitrogens with two attached hydrogens (primary N) is 1. The SMILES string of the molecule is COc1ccc(CN2C[C@H]3CSC(N)=N[C@@]3(c3cccc(Br)c3)C2)c(OC)c1. The summed E-state index contributed by atoms with van der Waals surface area (Å²) in [5.74, 6) is 3.06. The molecule has 2 aromatic rings. The molecule has 0 saturated carbocycles. The molecular weight excluding hydrogens is 438 g/mol. The first-order valence-electron chi connectivity index (χ1n) is 9.21. The van der Waals surface area contributed by atoms with Crippen LogP contribution in [0.4, 0.5) is 0 Å². The Bertz CT molecular complexity index is 907. The zero-order valence-corrected chi connectivity index (χ0v) is 18.4. The summed E-state index contributed by atoms with van der Waals surface area (Å²) >= 11 is 5.27. The van der Waals surface area contributed by atoms with Gasteiger partial charge in [0, 0.05) is 47.4 Å². The topological polar surface area (TPSA) is 60.1 Å². The number of thioether (sulfide) groups is 1. The van der Waals surface area contributed by atoms with E-state index in [9.17, 15) is 0 Å². The van der Waals surface area contributed by atoms with Crippen LogP contribution in [0.25, 0.3) is 0 Å². The Morgan fingerprint density at radius 2 is 2.11 bits per heavy atom. The maximum Gasteiger partial charge on any atom is 0.154 e. The van der Waals surface area contributed by atoms with Gasteiger partial charge in [0.05, 0.1) is 14.2 Å². The van der Waals surface area contributed by atoms with Crippen molar-refractivity contribution in [3.63, 3.8) is 0 Å². The molecule has 1 saturated heterocycles. The van der Waals surface area contributed by atoms with Crippen molar-refractivity contribution in [1.82, 2.24) is 4.90 Å². The highest BCUT2D eigenvalue weighted by atomic mass is 79.9. The van der Waals surface area contributed by atoms with E-state index in [1.165, 1.54) is 5.56 Å². The lowest BCUT2D eigenvalue weighted by Gasteiger charge is -2.35. The van der Waals surface area contributed by atoms with Gasteiger partial charge in [0.15, 0.2) is 5.17 Å². The van der Waals surface area contributed by atoms with Crippen LogP contribution in [0.1, 0.15) is 11.1 Å². The van der Waals surface area contributed by atoms with Crippen molar-refractivity contribution in [1.29, 1.82) is 0 Å². The molecule has 2 heterocycles. The first-order valence-corrected chi connectivity index (χ1v) is 11.0. The van der Waals surface area contributed by atoms with Crippen molar-refractivity contribution in [2.45, 2.75) is 12.1 Å². The third kappa shape index (κ3) is 3.63. The Morgan fingerprint density at radius 3 is 2.86 bits per heavy atom. The first kappa shape index (κ1) is 19.6. The number of ether oxygens (including phenoxy) is 2. The Morgan fingerprint density at radius 1 is 1.25 bits per heavy atom. The van der Waals surface area contributed by atoms with E-state index in [0.717, 1.165) is 46.9 Å². The molecule has 2 aliphatic rings. The number of nitrogens with zero attached hydrogens (tertiary/aromatic N) is 2. The highest BCUT2D eigenvalue weighted by molar-refractivity contribution is 9.10. The number of rotatable bonds is 5. The zero-order chi connectivity index (χ0) is 19.7. The summed E-state index contributed by atoms with van der Waals surface area (Å²) in [5.41, 5.74) is 8.25. The Kier molecular flexibility index (Phi) is 5.58. The minimum absolute atomic E-state index is 0.293.